The van der Waals surface area contributed by atoms with Crippen LogP contribution in [0, 0.1) is 5.41 Å². The summed E-state index contributed by atoms with van der Waals surface area (Å²) < 4.78 is 28.0. The first-order chi connectivity index (χ1) is 11.8. The van der Waals surface area contributed by atoms with Crippen LogP contribution >= 0.6 is 0 Å². The van der Waals surface area contributed by atoms with Gasteiger partial charge in [-0.15, -0.1) is 0 Å². The van der Waals surface area contributed by atoms with E-state index in [9.17, 15) is 13.2 Å². The van der Waals surface area contributed by atoms with Gasteiger partial charge in [0.05, 0.1) is 10.6 Å². The van der Waals surface area contributed by atoms with Gasteiger partial charge in [0.2, 0.25) is 10.0 Å². The van der Waals surface area contributed by atoms with Crippen molar-refractivity contribution in [2.24, 2.45) is 11.1 Å². The van der Waals surface area contributed by atoms with Crippen LogP contribution in [0.25, 0.3) is 10.8 Å². The van der Waals surface area contributed by atoms with Crippen LogP contribution in [0.2, 0.25) is 0 Å². The van der Waals surface area contributed by atoms with Gasteiger partial charge in [-0.2, -0.15) is 4.31 Å². The van der Waals surface area contributed by atoms with Crippen molar-refractivity contribution < 1.29 is 13.2 Å². The molecule has 2 aliphatic rings. The highest BCUT2D eigenvalue weighted by Crippen LogP contribution is 2.41. The van der Waals surface area contributed by atoms with Gasteiger partial charge in [-0.1, -0.05) is 19.1 Å². The van der Waals surface area contributed by atoms with Gasteiger partial charge in [0.15, 0.2) is 0 Å². The maximum atomic E-state index is 13.2. The quantitative estimate of drug-likeness (QED) is 0.906. The van der Waals surface area contributed by atoms with Crippen molar-refractivity contribution in [1.82, 2.24) is 4.31 Å². The molecule has 2 aromatic rings. The zero-order valence-corrected chi connectivity index (χ0v) is 15.1. The standard InChI is InChI=1S/C18H21N3O3S/c1-18(10-19)8-9-21(11-18)25(23,24)15-7-6-14-16-12(15)4-3-5-13(16)17(22)20(14)2/h3-7H,8-11,19H2,1-2H3. The third-order valence-corrected chi connectivity index (χ3v) is 7.41. The molecule has 25 heavy (non-hydrogen) atoms. The van der Waals surface area contributed by atoms with Crippen molar-refractivity contribution in [3.8, 4) is 0 Å². The number of rotatable bonds is 3. The molecule has 6 nitrogen and oxygen atoms in total. The van der Waals surface area contributed by atoms with Crippen LogP contribution in [0.5, 0.6) is 0 Å². The Morgan fingerprint density at radius 3 is 2.68 bits per heavy atom. The summed E-state index contributed by atoms with van der Waals surface area (Å²) >= 11 is 0. The Hall–Kier alpha value is -1.96. The van der Waals surface area contributed by atoms with E-state index in [1.165, 1.54) is 4.31 Å². The molecule has 2 aliphatic heterocycles. The summed E-state index contributed by atoms with van der Waals surface area (Å²) in [6, 6.07) is 8.60. The summed E-state index contributed by atoms with van der Waals surface area (Å²) in [6.45, 7) is 3.37. The first-order valence-corrected chi connectivity index (χ1v) is 9.76. The third-order valence-electron chi connectivity index (χ3n) is 5.51. The summed E-state index contributed by atoms with van der Waals surface area (Å²) in [5.41, 5.74) is 6.94. The topological polar surface area (TPSA) is 83.7 Å². The summed E-state index contributed by atoms with van der Waals surface area (Å²) in [6.07, 6.45) is 0.755. The predicted octanol–water partition coefficient (Wildman–Crippen LogP) is 1.79. The number of carbonyl (C=O) groups is 1. The molecular weight excluding hydrogens is 338 g/mol. The van der Waals surface area contributed by atoms with E-state index in [1.54, 1.807) is 42.3 Å². The maximum Gasteiger partial charge on any atom is 0.258 e. The number of hydrogen-bond acceptors (Lipinski definition) is 4. The zero-order chi connectivity index (χ0) is 18.0. The Bertz CT molecular complexity index is 1000. The van der Waals surface area contributed by atoms with E-state index in [0.29, 0.717) is 30.6 Å². The molecule has 0 bridgehead atoms. The van der Waals surface area contributed by atoms with E-state index >= 15 is 0 Å². The molecule has 1 atom stereocenters. The average molecular weight is 359 g/mol. The van der Waals surface area contributed by atoms with Crippen molar-refractivity contribution in [2.75, 3.05) is 31.6 Å². The second-order valence-electron chi connectivity index (χ2n) is 7.28. The fourth-order valence-electron chi connectivity index (χ4n) is 3.82. The lowest BCUT2D eigenvalue weighted by molar-refractivity contribution is 0.0999. The van der Waals surface area contributed by atoms with Crippen molar-refractivity contribution >= 4 is 32.4 Å². The Morgan fingerprint density at radius 1 is 1.24 bits per heavy atom. The summed E-state index contributed by atoms with van der Waals surface area (Å²) in [7, 11) is -1.93. The summed E-state index contributed by atoms with van der Waals surface area (Å²) in [5.74, 6) is -0.105. The van der Waals surface area contributed by atoms with Crippen LogP contribution in [-0.4, -0.2) is 45.3 Å². The molecule has 2 heterocycles. The summed E-state index contributed by atoms with van der Waals surface area (Å²) in [5, 5.41) is 1.32. The Kier molecular flexibility index (Phi) is 3.48. The van der Waals surface area contributed by atoms with Gasteiger partial charge in [-0.05, 0) is 36.6 Å². The normalized spacial score (nSPS) is 23.8. The van der Waals surface area contributed by atoms with Gasteiger partial charge in [-0.3, -0.25) is 4.79 Å². The Morgan fingerprint density at radius 2 is 2.00 bits per heavy atom. The van der Waals surface area contributed by atoms with E-state index < -0.39 is 10.0 Å². The molecule has 4 rings (SSSR count). The fraction of sp³-hybridized carbons (Fsp3) is 0.389. The molecular formula is C18H21N3O3S. The molecule has 2 aromatic carbocycles. The molecule has 1 unspecified atom stereocenters. The van der Waals surface area contributed by atoms with Crippen molar-refractivity contribution in [3.05, 3.63) is 35.9 Å². The number of nitrogens with two attached hydrogens (primary N) is 1. The SMILES string of the molecule is CN1C(=O)c2cccc3c(S(=O)(=O)N4CCC(C)(CN)C4)ccc1c23. The van der Waals surface area contributed by atoms with Crippen molar-refractivity contribution in [2.45, 2.75) is 18.2 Å². The van der Waals surface area contributed by atoms with E-state index in [-0.39, 0.29) is 16.2 Å². The van der Waals surface area contributed by atoms with E-state index in [0.717, 1.165) is 17.5 Å². The number of amides is 1. The van der Waals surface area contributed by atoms with Crippen LogP contribution < -0.4 is 10.6 Å². The number of anilines is 1. The number of carbonyl (C=O) groups excluding carboxylic acids is 1. The second kappa shape index (κ2) is 5.27. The van der Waals surface area contributed by atoms with Crippen LogP contribution in [-0.2, 0) is 10.0 Å². The lowest BCUT2D eigenvalue weighted by atomic mass is 9.90. The largest absolute Gasteiger partial charge is 0.330 e. The molecule has 0 spiro atoms. The highest BCUT2D eigenvalue weighted by atomic mass is 32.2. The van der Waals surface area contributed by atoms with Crippen molar-refractivity contribution in [3.63, 3.8) is 0 Å². The molecule has 0 aliphatic carbocycles. The van der Waals surface area contributed by atoms with Gasteiger partial charge in [0.25, 0.3) is 5.91 Å². The molecule has 132 valence electrons. The van der Waals surface area contributed by atoms with Crippen molar-refractivity contribution in [1.29, 1.82) is 0 Å². The molecule has 2 N–H and O–H groups in total. The fourth-order valence-corrected chi connectivity index (χ4v) is 5.60. The Balaban J connectivity index is 1.88. The van der Waals surface area contributed by atoms with Gasteiger partial charge in [0.1, 0.15) is 0 Å². The van der Waals surface area contributed by atoms with E-state index in [1.807, 2.05) is 6.92 Å². The molecule has 1 fully saturated rings. The number of benzene rings is 2. The lowest BCUT2D eigenvalue weighted by Crippen LogP contribution is -2.34. The lowest BCUT2D eigenvalue weighted by Gasteiger charge is -2.23. The third kappa shape index (κ3) is 2.23. The number of nitrogens with zero attached hydrogens (tertiary/aromatic N) is 2. The van der Waals surface area contributed by atoms with Crippen LogP contribution in [0.3, 0.4) is 0 Å². The molecule has 1 amide bonds. The minimum absolute atomic E-state index is 0.105. The van der Waals surface area contributed by atoms with E-state index in [4.69, 9.17) is 5.73 Å². The summed E-state index contributed by atoms with van der Waals surface area (Å²) in [4.78, 5) is 14.2. The number of sulfonamides is 1. The molecule has 7 heteroatoms. The first kappa shape index (κ1) is 16.5. The van der Waals surface area contributed by atoms with Crippen LogP contribution in [0.15, 0.2) is 35.2 Å². The highest BCUT2D eigenvalue weighted by Gasteiger charge is 2.40. The minimum atomic E-state index is -3.64. The average Bonchev–Trinajstić information content (AvgIpc) is 3.12. The molecule has 0 radical (unpaired) electrons. The van der Waals surface area contributed by atoms with Gasteiger partial charge in [-0.25, -0.2) is 8.42 Å². The van der Waals surface area contributed by atoms with Gasteiger partial charge < -0.3 is 10.6 Å². The maximum absolute atomic E-state index is 13.2. The zero-order valence-electron chi connectivity index (χ0n) is 14.3. The first-order valence-electron chi connectivity index (χ1n) is 8.32. The molecule has 0 saturated carbocycles. The minimum Gasteiger partial charge on any atom is -0.330 e. The molecule has 1 saturated heterocycles. The van der Waals surface area contributed by atoms with Crippen LogP contribution in [0.1, 0.15) is 23.7 Å². The Labute approximate surface area is 147 Å². The monoisotopic (exact) mass is 359 g/mol. The second-order valence-corrected chi connectivity index (χ2v) is 9.18. The molecule has 0 aromatic heterocycles. The predicted molar refractivity (Wildman–Crippen MR) is 97.2 cm³/mol. The van der Waals surface area contributed by atoms with E-state index in [2.05, 4.69) is 0 Å². The van der Waals surface area contributed by atoms with Crippen LogP contribution in [0.4, 0.5) is 5.69 Å². The van der Waals surface area contributed by atoms with Gasteiger partial charge in [0, 0.05) is 36.5 Å². The highest BCUT2D eigenvalue weighted by molar-refractivity contribution is 7.89. The smallest absolute Gasteiger partial charge is 0.258 e. The van der Waals surface area contributed by atoms with Gasteiger partial charge >= 0.3 is 0 Å². The number of hydrogen-bond donors (Lipinski definition) is 1.